The van der Waals surface area contributed by atoms with Gasteiger partial charge in [-0.15, -0.1) is 0 Å². The minimum atomic E-state index is -3.63. The van der Waals surface area contributed by atoms with Crippen LogP contribution in [0.3, 0.4) is 0 Å². The molecule has 0 aliphatic carbocycles. The molecule has 1 aliphatic rings. The molecule has 0 atom stereocenters. The van der Waals surface area contributed by atoms with Crippen LogP contribution < -0.4 is 0 Å². The first-order valence-corrected chi connectivity index (χ1v) is 10.4. The van der Waals surface area contributed by atoms with Gasteiger partial charge in [0.05, 0.1) is 16.5 Å². The second-order valence-electron chi connectivity index (χ2n) is 6.61. The highest BCUT2D eigenvalue weighted by Gasteiger charge is 2.29. The second-order valence-corrected chi connectivity index (χ2v) is 8.55. The molecule has 7 heteroatoms. The summed E-state index contributed by atoms with van der Waals surface area (Å²) in [6.07, 6.45) is 3.30. The quantitative estimate of drug-likeness (QED) is 0.745. The Morgan fingerprint density at radius 1 is 1.07 bits per heavy atom. The average Bonchev–Trinajstić information content (AvgIpc) is 2.72. The number of hydrogen-bond acceptors (Lipinski definition) is 4. The smallest absolute Gasteiger partial charge is 0.246 e. The van der Waals surface area contributed by atoms with E-state index in [4.69, 9.17) is 5.26 Å². The molecule has 0 aromatic heterocycles. The van der Waals surface area contributed by atoms with Gasteiger partial charge >= 0.3 is 0 Å². The fraction of sp³-hybridized carbons (Fsp3) is 0.238. The Kier molecular flexibility index (Phi) is 5.93. The fourth-order valence-corrected chi connectivity index (χ4v) is 4.47. The lowest BCUT2D eigenvalue weighted by molar-refractivity contribution is -0.127. The monoisotopic (exact) mass is 395 g/mol. The molecule has 144 valence electrons. The van der Waals surface area contributed by atoms with Gasteiger partial charge in [0.2, 0.25) is 15.9 Å². The molecule has 3 rings (SSSR count). The van der Waals surface area contributed by atoms with Gasteiger partial charge in [-0.05, 0) is 42.8 Å². The van der Waals surface area contributed by atoms with Crippen LogP contribution in [0.15, 0.2) is 59.5 Å². The number of carbonyl (C=O) groups is 1. The van der Waals surface area contributed by atoms with Gasteiger partial charge in [-0.1, -0.05) is 29.8 Å². The Bertz CT molecular complexity index is 1030. The number of benzene rings is 2. The summed E-state index contributed by atoms with van der Waals surface area (Å²) < 4.78 is 26.8. The summed E-state index contributed by atoms with van der Waals surface area (Å²) in [6.45, 7) is 3.16. The molecule has 1 heterocycles. The van der Waals surface area contributed by atoms with Crippen LogP contribution in [0.1, 0.15) is 16.7 Å². The molecule has 1 saturated heterocycles. The first-order chi connectivity index (χ1) is 13.4. The number of nitriles is 1. The van der Waals surface area contributed by atoms with Gasteiger partial charge in [0.25, 0.3) is 0 Å². The largest absolute Gasteiger partial charge is 0.337 e. The van der Waals surface area contributed by atoms with E-state index in [1.54, 1.807) is 11.0 Å². The molecule has 0 saturated carbocycles. The molecule has 28 heavy (non-hydrogen) atoms. The van der Waals surface area contributed by atoms with Crippen LogP contribution in [0.2, 0.25) is 0 Å². The fourth-order valence-electron chi connectivity index (χ4n) is 3.05. The van der Waals surface area contributed by atoms with Crippen LogP contribution in [0.4, 0.5) is 0 Å². The van der Waals surface area contributed by atoms with Crippen molar-refractivity contribution in [1.82, 2.24) is 9.21 Å². The van der Waals surface area contributed by atoms with Gasteiger partial charge in [-0.2, -0.15) is 9.57 Å². The van der Waals surface area contributed by atoms with Crippen molar-refractivity contribution in [3.05, 3.63) is 71.3 Å². The Balaban J connectivity index is 1.61. The lowest BCUT2D eigenvalue weighted by Crippen LogP contribution is -2.50. The molecular formula is C21H21N3O3S. The topological polar surface area (TPSA) is 81.5 Å². The molecule has 1 amide bonds. The third kappa shape index (κ3) is 4.47. The molecule has 0 spiro atoms. The summed E-state index contributed by atoms with van der Waals surface area (Å²) in [5, 5.41) is 8.84. The summed E-state index contributed by atoms with van der Waals surface area (Å²) in [5.74, 6) is -0.128. The number of aryl methyl sites for hydroxylation is 1. The van der Waals surface area contributed by atoms with Crippen LogP contribution in [-0.2, 0) is 14.8 Å². The van der Waals surface area contributed by atoms with Crippen molar-refractivity contribution in [1.29, 1.82) is 5.26 Å². The van der Waals surface area contributed by atoms with E-state index in [0.717, 1.165) is 11.1 Å². The summed E-state index contributed by atoms with van der Waals surface area (Å²) >= 11 is 0. The summed E-state index contributed by atoms with van der Waals surface area (Å²) in [4.78, 5) is 14.2. The van der Waals surface area contributed by atoms with E-state index < -0.39 is 10.0 Å². The number of nitrogens with zero attached hydrogens (tertiary/aromatic N) is 3. The number of piperazine rings is 1. The van der Waals surface area contributed by atoms with Gasteiger partial charge in [0.1, 0.15) is 0 Å². The summed E-state index contributed by atoms with van der Waals surface area (Å²) in [6, 6.07) is 15.7. The van der Waals surface area contributed by atoms with Crippen molar-refractivity contribution in [2.45, 2.75) is 11.8 Å². The molecule has 0 N–H and O–H groups in total. The van der Waals surface area contributed by atoms with E-state index in [-0.39, 0.29) is 23.9 Å². The number of rotatable bonds is 4. The van der Waals surface area contributed by atoms with E-state index >= 15 is 0 Å². The zero-order valence-corrected chi connectivity index (χ0v) is 16.4. The summed E-state index contributed by atoms with van der Waals surface area (Å²) in [5.41, 5.74) is 2.49. The van der Waals surface area contributed by atoms with E-state index in [1.807, 2.05) is 37.3 Å². The van der Waals surface area contributed by atoms with E-state index in [1.165, 1.54) is 34.6 Å². The van der Waals surface area contributed by atoms with Crippen molar-refractivity contribution in [2.24, 2.45) is 0 Å². The predicted molar refractivity (Wildman–Crippen MR) is 107 cm³/mol. The Morgan fingerprint density at radius 3 is 2.36 bits per heavy atom. The lowest BCUT2D eigenvalue weighted by Gasteiger charge is -2.33. The highest BCUT2D eigenvalue weighted by molar-refractivity contribution is 7.89. The maximum absolute atomic E-state index is 12.7. The van der Waals surface area contributed by atoms with Crippen molar-refractivity contribution in [3.63, 3.8) is 0 Å². The van der Waals surface area contributed by atoms with Crippen LogP contribution in [0, 0.1) is 18.3 Å². The van der Waals surface area contributed by atoms with E-state index in [0.29, 0.717) is 18.7 Å². The van der Waals surface area contributed by atoms with Gasteiger partial charge < -0.3 is 4.90 Å². The van der Waals surface area contributed by atoms with Crippen LogP contribution in [0.5, 0.6) is 0 Å². The minimum absolute atomic E-state index is 0.128. The molecule has 0 radical (unpaired) electrons. The van der Waals surface area contributed by atoms with E-state index in [2.05, 4.69) is 0 Å². The maximum atomic E-state index is 12.7. The Morgan fingerprint density at radius 2 is 1.75 bits per heavy atom. The molecular weight excluding hydrogens is 374 g/mol. The number of carbonyl (C=O) groups excluding carboxylic acids is 1. The van der Waals surface area contributed by atoms with Gasteiger partial charge in [-0.25, -0.2) is 8.42 Å². The maximum Gasteiger partial charge on any atom is 0.246 e. The van der Waals surface area contributed by atoms with Gasteiger partial charge in [0.15, 0.2) is 0 Å². The van der Waals surface area contributed by atoms with Crippen LogP contribution in [-0.4, -0.2) is 49.7 Å². The number of hydrogen-bond donors (Lipinski definition) is 0. The molecule has 1 fully saturated rings. The Hall–Kier alpha value is -2.95. The number of sulfonamides is 1. The molecule has 0 bridgehead atoms. The molecule has 2 aromatic rings. The van der Waals surface area contributed by atoms with Gasteiger partial charge in [-0.3, -0.25) is 4.79 Å². The highest BCUT2D eigenvalue weighted by atomic mass is 32.2. The average molecular weight is 395 g/mol. The third-order valence-electron chi connectivity index (χ3n) is 4.63. The second kappa shape index (κ2) is 8.38. The first kappa shape index (κ1) is 19.8. The standard InChI is InChI=1S/C21H21N3O3S/c1-17-3-2-4-18(15-17)7-10-21(25)23-11-13-24(14-12-23)28(26,27)20-8-5-19(16-22)6-9-20/h2-10,15H,11-14H2,1H3/b10-7+. The highest BCUT2D eigenvalue weighted by Crippen LogP contribution is 2.18. The van der Waals surface area contributed by atoms with Gasteiger partial charge in [0, 0.05) is 32.3 Å². The van der Waals surface area contributed by atoms with Crippen molar-refractivity contribution < 1.29 is 13.2 Å². The van der Waals surface area contributed by atoms with Crippen molar-refractivity contribution in [2.75, 3.05) is 26.2 Å². The Labute approximate surface area is 165 Å². The first-order valence-electron chi connectivity index (χ1n) is 8.94. The normalized spacial score (nSPS) is 15.5. The SMILES string of the molecule is Cc1cccc(/C=C/C(=O)N2CCN(S(=O)(=O)c3ccc(C#N)cc3)CC2)c1. The van der Waals surface area contributed by atoms with E-state index in [9.17, 15) is 13.2 Å². The minimum Gasteiger partial charge on any atom is -0.337 e. The van der Waals surface area contributed by atoms with Crippen molar-refractivity contribution >= 4 is 22.0 Å². The predicted octanol–water partition coefficient (Wildman–Crippen LogP) is 2.41. The third-order valence-corrected chi connectivity index (χ3v) is 6.54. The van der Waals surface area contributed by atoms with Crippen molar-refractivity contribution in [3.8, 4) is 6.07 Å². The number of amides is 1. The van der Waals surface area contributed by atoms with Crippen LogP contribution >= 0.6 is 0 Å². The molecule has 6 nitrogen and oxygen atoms in total. The molecule has 1 aliphatic heterocycles. The lowest BCUT2D eigenvalue weighted by atomic mass is 10.1. The molecule has 0 unspecified atom stereocenters. The summed E-state index contributed by atoms with van der Waals surface area (Å²) in [7, 11) is -3.63. The zero-order chi connectivity index (χ0) is 20.1. The van der Waals surface area contributed by atoms with Crippen LogP contribution in [0.25, 0.3) is 6.08 Å². The molecule has 2 aromatic carbocycles. The zero-order valence-electron chi connectivity index (χ0n) is 15.6.